The Morgan fingerprint density at radius 1 is 1.50 bits per heavy atom. The smallest absolute Gasteiger partial charge is 0.141 e. The zero-order valence-electron chi connectivity index (χ0n) is 8.03. The lowest BCUT2D eigenvalue weighted by Gasteiger charge is -2.28. The summed E-state index contributed by atoms with van der Waals surface area (Å²) in [7, 11) is 0. The van der Waals surface area contributed by atoms with Gasteiger partial charge in [-0.25, -0.2) is 4.39 Å². The van der Waals surface area contributed by atoms with E-state index in [4.69, 9.17) is 4.74 Å². The number of hydrogen-bond acceptors (Lipinski definition) is 3. The molecule has 0 spiro atoms. The van der Waals surface area contributed by atoms with Gasteiger partial charge in [0, 0.05) is 13.1 Å². The van der Waals surface area contributed by atoms with Gasteiger partial charge in [-0.05, 0) is 19.1 Å². The third-order valence-corrected chi connectivity index (χ3v) is 2.24. The van der Waals surface area contributed by atoms with Crippen molar-refractivity contribution in [1.29, 1.82) is 0 Å². The van der Waals surface area contributed by atoms with E-state index in [-0.39, 0.29) is 18.0 Å². The highest BCUT2D eigenvalue weighted by molar-refractivity contribution is 5.09. The molecule has 2 heterocycles. The molecule has 0 saturated carbocycles. The van der Waals surface area contributed by atoms with Gasteiger partial charge in [-0.1, -0.05) is 0 Å². The summed E-state index contributed by atoms with van der Waals surface area (Å²) in [6.45, 7) is 3.60. The van der Waals surface area contributed by atoms with Gasteiger partial charge in [0.05, 0.1) is 18.0 Å². The van der Waals surface area contributed by atoms with Gasteiger partial charge in [-0.2, -0.15) is 0 Å². The van der Waals surface area contributed by atoms with E-state index in [9.17, 15) is 4.39 Å². The van der Waals surface area contributed by atoms with E-state index in [1.807, 2.05) is 6.92 Å². The second-order valence-corrected chi connectivity index (χ2v) is 3.49. The van der Waals surface area contributed by atoms with Crippen molar-refractivity contribution in [3.63, 3.8) is 0 Å². The molecular weight excluding hydrogens is 183 g/mol. The maximum Gasteiger partial charge on any atom is 0.141 e. The van der Waals surface area contributed by atoms with Crippen molar-refractivity contribution < 1.29 is 9.13 Å². The summed E-state index contributed by atoms with van der Waals surface area (Å²) >= 11 is 0. The number of halogens is 1. The lowest BCUT2D eigenvalue weighted by molar-refractivity contribution is -0.0308. The Bertz CT molecular complexity index is 301. The van der Waals surface area contributed by atoms with Crippen molar-refractivity contribution in [3.8, 4) is 0 Å². The van der Waals surface area contributed by atoms with Gasteiger partial charge in [-0.15, -0.1) is 0 Å². The van der Waals surface area contributed by atoms with Crippen molar-refractivity contribution in [2.75, 3.05) is 13.1 Å². The number of nitrogens with one attached hydrogen (secondary N) is 1. The SMILES string of the molecule is CC1CNCC(c2ccc(F)cn2)O1. The first kappa shape index (κ1) is 9.55. The summed E-state index contributed by atoms with van der Waals surface area (Å²) in [5.74, 6) is -0.314. The largest absolute Gasteiger partial charge is 0.366 e. The zero-order chi connectivity index (χ0) is 9.97. The molecule has 0 amide bonds. The molecule has 2 unspecified atom stereocenters. The molecule has 2 atom stereocenters. The molecule has 0 aromatic carbocycles. The van der Waals surface area contributed by atoms with Crippen molar-refractivity contribution >= 4 is 0 Å². The highest BCUT2D eigenvalue weighted by Gasteiger charge is 2.21. The van der Waals surface area contributed by atoms with Gasteiger partial charge < -0.3 is 10.1 Å². The molecule has 1 aliphatic rings. The minimum Gasteiger partial charge on any atom is -0.366 e. The molecule has 3 nitrogen and oxygen atoms in total. The van der Waals surface area contributed by atoms with Crippen LogP contribution in [0.4, 0.5) is 4.39 Å². The number of hydrogen-bond donors (Lipinski definition) is 1. The van der Waals surface area contributed by atoms with Crippen molar-refractivity contribution in [1.82, 2.24) is 10.3 Å². The average molecular weight is 196 g/mol. The maximum absolute atomic E-state index is 12.6. The monoisotopic (exact) mass is 196 g/mol. The van der Waals surface area contributed by atoms with Gasteiger partial charge in [0.15, 0.2) is 0 Å². The molecule has 14 heavy (non-hydrogen) atoms. The van der Waals surface area contributed by atoms with Crippen molar-refractivity contribution in [2.45, 2.75) is 19.1 Å². The molecular formula is C10H13FN2O. The number of ether oxygens (including phenoxy) is 1. The second-order valence-electron chi connectivity index (χ2n) is 3.49. The molecule has 0 bridgehead atoms. The lowest BCUT2D eigenvalue weighted by atomic mass is 10.2. The Balaban J connectivity index is 2.10. The number of pyridine rings is 1. The fourth-order valence-electron chi connectivity index (χ4n) is 1.55. The molecule has 0 radical (unpaired) electrons. The van der Waals surface area contributed by atoms with E-state index in [2.05, 4.69) is 10.3 Å². The molecule has 1 N–H and O–H groups in total. The third-order valence-electron chi connectivity index (χ3n) is 2.24. The Hall–Kier alpha value is -1.00. The molecule has 0 aliphatic carbocycles. The van der Waals surface area contributed by atoms with Crippen molar-refractivity contribution in [2.24, 2.45) is 0 Å². The van der Waals surface area contributed by atoms with Gasteiger partial charge in [-0.3, -0.25) is 4.98 Å². The molecule has 1 aliphatic heterocycles. The number of rotatable bonds is 1. The summed E-state index contributed by atoms with van der Waals surface area (Å²) in [5.41, 5.74) is 0.783. The third kappa shape index (κ3) is 2.08. The van der Waals surface area contributed by atoms with E-state index >= 15 is 0 Å². The molecule has 76 valence electrons. The van der Waals surface area contributed by atoms with Gasteiger partial charge in [0.25, 0.3) is 0 Å². The quantitative estimate of drug-likeness (QED) is 0.734. The number of morpholine rings is 1. The standard InChI is InChI=1S/C10H13FN2O/c1-7-4-12-6-10(14-7)9-3-2-8(11)5-13-9/h2-3,5,7,10,12H,4,6H2,1H3. The maximum atomic E-state index is 12.6. The van der Waals surface area contributed by atoms with Crippen LogP contribution >= 0.6 is 0 Å². The van der Waals surface area contributed by atoms with Crippen LogP contribution in [0.15, 0.2) is 18.3 Å². The first-order chi connectivity index (χ1) is 6.75. The van der Waals surface area contributed by atoms with E-state index in [0.717, 1.165) is 18.8 Å². The topological polar surface area (TPSA) is 34.2 Å². The molecule has 1 saturated heterocycles. The van der Waals surface area contributed by atoms with E-state index in [1.54, 1.807) is 6.07 Å². The van der Waals surface area contributed by atoms with Crippen LogP contribution in [0.2, 0.25) is 0 Å². The number of nitrogens with zero attached hydrogens (tertiary/aromatic N) is 1. The summed E-state index contributed by atoms with van der Waals surface area (Å²) in [6.07, 6.45) is 1.35. The molecule has 1 aromatic rings. The minimum absolute atomic E-state index is 0.0562. The average Bonchev–Trinajstić information content (AvgIpc) is 2.19. The Labute approximate surface area is 82.3 Å². The van der Waals surface area contributed by atoms with E-state index in [1.165, 1.54) is 12.3 Å². The minimum atomic E-state index is -0.314. The Kier molecular flexibility index (Phi) is 2.74. The lowest BCUT2D eigenvalue weighted by Crippen LogP contribution is -2.39. The molecule has 4 heteroatoms. The van der Waals surface area contributed by atoms with Crippen LogP contribution in [-0.2, 0) is 4.74 Å². The van der Waals surface area contributed by atoms with Crippen LogP contribution in [0.5, 0.6) is 0 Å². The summed E-state index contributed by atoms with van der Waals surface area (Å²) in [5, 5.41) is 3.24. The van der Waals surface area contributed by atoms with Crippen LogP contribution in [0.1, 0.15) is 18.7 Å². The van der Waals surface area contributed by atoms with E-state index in [0.29, 0.717) is 0 Å². The molecule has 1 fully saturated rings. The Morgan fingerprint density at radius 2 is 2.36 bits per heavy atom. The highest BCUT2D eigenvalue weighted by atomic mass is 19.1. The van der Waals surface area contributed by atoms with Crippen LogP contribution in [0.25, 0.3) is 0 Å². The zero-order valence-corrected chi connectivity index (χ0v) is 8.03. The second kappa shape index (κ2) is 4.02. The predicted octanol–water partition coefficient (Wildman–Crippen LogP) is 1.27. The van der Waals surface area contributed by atoms with Crippen LogP contribution in [0, 0.1) is 5.82 Å². The normalized spacial score (nSPS) is 27.6. The predicted molar refractivity (Wildman–Crippen MR) is 50.4 cm³/mol. The van der Waals surface area contributed by atoms with Gasteiger partial charge in [0.1, 0.15) is 11.9 Å². The first-order valence-corrected chi connectivity index (χ1v) is 4.73. The van der Waals surface area contributed by atoms with E-state index < -0.39 is 0 Å². The van der Waals surface area contributed by atoms with Gasteiger partial charge in [0.2, 0.25) is 0 Å². The summed E-state index contributed by atoms with van der Waals surface area (Å²) in [6, 6.07) is 3.07. The van der Waals surface area contributed by atoms with Crippen LogP contribution in [0.3, 0.4) is 0 Å². The summed E-state index contributed by atoms with van der Waals surface area (Å²) in [4.78, 5) is 4.00. The molecule has 1 aromatic heterocycles. The van der Waals surface area contributed by atoms with Crippen LogP contribution < -0.4 is 5.32 Å². The van der Waals surface area contributed by atoms with Gasteiger partial charge >= 0.3 is 0 Å². The Morgan fingerprint density at radius 3 is 3.00 bits per heavy atom. The molecule has 2 rings (SSSR count). The van der Waals surface area contributed by atoms with Crippen molar-refractivity contribution in [3.05, 3.63) is 29.8 Å². The fraction of sp³-hybridized carbons (Fsp3) is 0.500. The van der Waals surface area contributed by atoms with Crippen LogP contribution in [-0.4, -0.2) is 24.2 Å². The summed E-state index contributed by atoms with van der Waals surface area (Å²) < 4.78 is 18.3. The number of aromatic nitrogens is 1. The fourth-order valence-corrected chi connectivity index (χ4v) is 1.55. The first-order valence-electron chi connectivity index (χ1n) is 4.73. The highest BCUT2D eigenvalue weighted by Crippen LogP contribution is 2.18.